The average Bonchev–Trinajstić information content (AvgIpc) is 2.28. The average molecular weight is 254 g/mol. The van der Waals surface area contributed by atoms with Gasteiger partial charge in [0.2, 0.25) is 0 Å². The summed E-state index contributed by atoms with van der Waals surface area (Å²) in [5.74, 6) is -0.666. The summed E-state index contributed by atoms with van der Waals surface area (Å²) in [6.07, 6.45) is 0. The maximum atomic E-state index is 12.9. The molecule has 88 valence electrons. The van der Waals surface area contributed by atoms with E-state index in [-0.39, 0.29) is 11.6 Å². The molecule has 0 spiro atoms. The van der Waals surface area contributed by atoms with Gasteiger partial charge in [-0.25, -0.2) is 8.78 Å². The van der Waals surface area contributed by atoms with Crippen LogP contribution < -0.4 is 5.32 Å². The van der Waals surface area contributed by atoms with Gasteiger partial charge in [0.05, 0.1) is 10.7 Å². The second-order valence-corrected chi connectivity index (χ2v) is 4.01. The third-order valence-electron chi connectivity index (χ3n) is 2.30. The van der Waals surface area contributed by atoms with Gasteiger partial charge in [-0.3, -0.25) is 0 Å². The maximum absolute atomic E-state index is 12.9. The van der Waals surface area contributed by atoms with Gasteiger partial charge in [-0.05, 0) is 35.9 Å². The summed E-state index contributed by atoms with van der Waals surface area (Å²) < 4.78 is 25.7. The van der Waals surface area contributed by atoms with Crippen molar-refractivity contribution in [2.24, 2.45) is 0 Å². The summed E-state index contributed by atoms with van der Waals surface area (Å²) >= 11 is 5.85. The van der Waals surface area contributed by atoms with Crippen LogP contribution in [0.4, 0.5) is 14.5 Å². The van der Waals surface area contributed by atoms with E-state index in [9.17, 15) is 8.78 Å². The van der Waals surface area contributed by atoms with Gasteiger partial charge in [-0.1, -0.05) is 23.7 Å². The van der Waals surface area contributed by atoms with Crippen molar-refractivity contribution in [2.45, 2.75) is 6.54 Å². The lowest BCUT2D eigenvalue weighted by Crippen LogP contribution is -2.00. The molecule has 0 bridgehead atoms. The molecule has 1 N–H and O–H groups in total. The van der Waals surface area contributed by atoms with Crippen molar-refractivity contribution in [3.8, 4) is 0 Å². The van der Waals surface area contributed by atoms with Gasteiger partial charge in [0, 0.05) is 6.54 Å². The standard InChI is InChI=1S/C13H10ClF2N/c14-12-7-11(16)4-5-13(12)17-8-9-2-1-3-10(15)6-9/h1-7,17H,8H2. The zero-order chi connectivity index (χ0) is 12.3. The topological polar surface area (TPSA) is 12.0 Å². The van der Waals surface area contributed by atoms with E-state index in [1.165, 1.54) is 24.3 Å². The Balaban J connectivity index is 2.07. The second kappa shape index (κ2) is 5.15. The number of rotatable bonds is 3. The van der Waals surface area contributed by atoms with E-state index >= 15 is 0 Å². The van der Waals surface area contributed by atoms with Crippen LogP contribution in [-0.2, 0) is 6.54 Å². The molecular weight excluding hydrogens is 244 g/mol. The van der Waals surface area contributed by atoms with Crippen LogP contribution >= 0.6 is 11.6 Å². The van der Waals surface area contributed by atoms with Gasteiger partial charge in [0.1, 0.15) is 11.6 Å². The van der Waals surface area contributed by atoms with Crippen molar-refractivity contribution in [1.29, 1.82) is 0 Å². The molecule has 2 aromatic carbocycles. The molecule has 0 unspecified atom stereocenters. The van der Waals surface area contributed by atoms with Crippen LogP contribution in [0.15, 0.2) is 42.5 Å². The van der Waals surface area contributed by atoms with Crippen LogP contribution in [-0.4, -0.2) is 0 Å². The van der Waals surface area contributed by atoms with Crippen molar-refractivity contribution in [3.63, 3.8) is 0 Å². The number of anilines is 1. The van der Waals surface area contributed by atoms with Crippen LogP contribution in [0.25, 0.3) is 0 Å². The van der Waals surface area contributed by atoms with Crippen LogP contribution in [0, 0.1) is 11.6 Å². The lowest BCUT2D eigenvalue weighted by Gasteiger charge is -2.08. The lowest BCUT2D eigenvalue weighted by molar-refractivity contribution is 0.626. The minimum absolute atomic E-state index is 0.283. The van der Waals surface area contributed by atoms with E-state index in [2.05, 4.69) is 5.32 Å². The first-order chi connectivity index (χ1) is 8.15. The van der Waals surface area contributed by atoms with E-state index in [0.29, 0.717) is 17.3 Å². The number of halogens is 3. The Bertz CT molecular complexity index is 529. The number of nitrogens with one attached hydrogen (secondary N) is 1. The molecule has 0 aromatic heterocycles. The predicted octanol–water partition coefficient (Wildman–Crippen LogP) is 4.23. The second-order valence-electron chi connectivity index (χ2n) is 3.61. The van der Waals surface area contributed by atoms with Gasteiger partial charge in [-0.15, -0.1) is 0 Å². The van der Waals surface area contributed by atoms with E-state index in [0.717, 1.165) is 5.56 Å². The highest BCUT2D eigenvalue weighted by Crippen LogP contribution is 2.22. The first-order valence-corrected chi connectivity index (χ1v) is 5.46. The normalized spacial score (nSPS) is 10.3. The Labute approximate surface area is 103 Å². The number of benzene rings is 2. The summed E-state index contributed by atoms with van der Waals surface area (Å²) in [7, 11) is 0. The maximum Gasteiger partial charge on any atom is 0.124 e. The fourth-order valence-electron chi connectivity index (χ4n) is 1.48. The Hall–Kier alpha value is -1.61. The molecule has 1 nitrogen and oxygen atoms in total. The predicted molar refractivity (Wildman–Crippen MR) is 65.1 cm³/mol. The molecular formula is C13H10ClF2N. The monoisotopic (exact) mass is 253 g/mol. The molecule has 0 aliphatic heterocycles. The third kappa shape index (κ3) is 3.17. The minimum Gasteiger partial charge on any atom is -0.380 e. The Kier molecular flexibility index (Phi) is 3.59. The molecule has 0 saturated heterocycles. The zero-order valence-electron chi connectivity index (χ0n) is 8.88. The van der Waals surface area contributed by atoms with E-state index in [4.69, 9.17) is 11.6 Å². The van der Waals surface area contributed by atoms with Gasteiger partial charge in [-0.2, -0.15) is 0 Å². The van der Waals surface area contributed by atoms with E-state index in [1.807, 2.05) is 0 Å². The van der Waals surface area contributed by atoms with Crippen LogP contribution in [0.1, 0.15) is 5.56 Å². The summed E-state index contributed by atoms with van der Waals surface area (Å²) in [5, 5.41) is 3.33. The largest absolute Gasteiger partial charge is 0.380 e. The fourth-order valence-corrected chi connectivity index (χ4v) is 1.71. The highest BCUT2D eigenvalue weighted by molar-refractivity contribution is 6.33. The quantitative estimate of drug-likeness (QED) is 0.863. The van der Waals surface area contributed by atoms with Crippen LogP contribution in [0.3, 0.4) is 0 Å². The molecule has 17 heavy (non-hydrogen) atoms. The van der Waals surface area contributed by atoms with Gasteiger partial charge in [0.25, 0.3) is 0 Å². The molecule has 0 aliphatic carbocycles. The van der Waals surface area contributed by atoms with Crippen molar-refractivity contribution < 1.29 is 8.78 Å². The minimum atomic E-state index is -0.383. The summed E-state index contributed by atoms with van der Waals surface area (Å²) in [5.41, 5.74) is 1.42. The Morgan fingerprint density at radius 2 is 1.76 bits per heavy atom. The van der Waals surface area contributed by atoms with Crippen LogP contribution in [0.2, 0.25) is 5.02 Å². The third-order valence-corrected chi connectivity index (χ3v) is 2.62. The SMILES string of the molecule is Fc1cccc(CNc2ccc(F)cc2Cl)c1. The molecule has 0 aliphatic rings. The van der Waals surface area contributed by atoms with Crippen molar-refractivity contribution in [3.05, 3.63) is 64.7 Å². The molecule has 2 rings (SSSR count). The van der Waals surface area contributed by atoms with Gasteiger partial charge < -0.3 is 5.32 Å². The molecule has 0 radical (unpaired) electrons. The van der Waals surface area contributed by atoms with Crippen molar-refractivity contribution in [1.82, 2.24) is 0 Å². The fraction of sp³-hybridized carbons (Fsp3) is 0.0769. The summed E-state index contributed by atoms with van der Waals surface area (Å²) in [6.45, 7) is 0.434. The highest BCUT2D eigenvalue weighted by atomic mass is 35.5. The highest BCUT2D eigenvalue weighted by Gasteiger charge is 2.02. The first kappa shape index (κ1) is 11.9. The zero-order valence-corrected chi connectivity index (χ0v) is 9.64. The van der Waals surface area contributed by atoms with Gasteiger partial charge in [0.15, 0.2) is 0 Å². The van der Waals surface area contributed by atoms with E-state index < -0.39 is 0 Å². The Morgan fingerprint density at radius 1 is 1.00 bits per heavy atom. The smallest absolute Gasteiger partial charge is 0.124 e. The number of hydrogen-bond donors (Lipinski definition) is 1. The van der Waals surface area contributed by atoms with E-state index in [1.54, 1.807) is 18.2 Å². The molecule has 0 amide bonds. The van der Waals surface area contributed by atoms with Crippen LogP contribution in [0.5, 0.6) is 0 Å². The molecule has 0 fully saturated rings. The Morgan fingerprint density at radius 3 is 2.47 bits per heavy atom. The number of hydrogen-bond acceptors (Lipinski definition) is 1. The molecule has 4 heteroatoms. The molecule has 0 heterocycles. The van der Waals surface area contributed by atoms with Crippen molar-refractivity contribution in [2.75, 3.05) is 5.32 Å². The summed E-state index contributed by atoms with van der Waals surface area (Å²) in [6, 6.07) is 10.4. The molecule has 2 aromatic rings. The molecule has 0 saturated carbocycles. The first-order valence-electron chi connectivity index (χ1n) is 5.08. The van der Waals surface area contributed by atoms with Crippen molar-refractivity contribution >= 4 is 17.3 Å². The molecule has 0 atom stereocenters. The summed E-state index contributed by atoms with van der Waals surface area (Å²) in [4.78, 5) is 0. The lowest BCUT2D eigenvalue weighted by atomic mass is 10.2. The van der Waals surface area contributed by atoms with Gasteiger partial charge >= 0.3 is 0 Å².